The standard InChI is InChI=1S/C4H6O6/c5-1(3(7)8)2(6)4(9)10/h1-2,5-6H,(H,7,8)(H,9,10)/t1-,2?/m1/s1. The van der Waals surface area contributed by atoms with Gasteiger partial charge in [-0.05, 0) is 0 Å². The van der Waals surface area contributed by atoms with Crippen molar-refractivity contribution in [3.63, 3.8) is 0 Å². The number of hydrogen-bond acceptors (Lipinski definition) is 4. The van der Waals surface area contributed by atoms with E-state index in [1.165, 1.54) is 0 Å². The summed E-state index contributed by atoms with van der Waals surface area (Å²) in [4.78, 5) is 19.5. The Bertz CT molecular complexity index is 134. The van der Waals surface area contributed by atoms with E-state index >= 15 is 0 Å². The van der Waals surface area contributed by atoms with E-state index in [9.17, 15) is 9.59 Å². The highest BCUT2D eigenvalue weighted by molar-refractivity contribution is 5.82. The van der Waals surface area contributed by atoms with Gasteiger partial charge in [0.05, 0.1) is 0 Å². The SMILES string of the molecule is O=C(O)C(O)[C@@H](O)C(=O)O. The third-order valence-electron chi connectivity index (χ3n) is 0.805. The summed E-state index contributed by atoms with van der Waals surface area (Å²) in [6, 6.07) is 0. The lowest BCUT2D eigenvalue weighted by atomic mass is 10.2. The maximum absolute atomic E-state index is 9.77. The van der Waals surface area contributed by atoms with Crippen molar-refractivity contribution in [3.8, 4) is 0 Å². The minimum Gasteiger partial charge on any atom is -0.479 e. The van der Waals surface area contributed by atoms with Crippen LogP contribution in [0.3, 0.4) is 0 Å². The fourth-order valence-electron chi connectivity index (χ4n) is 0.270. The average molecular weight is 150 g/mol. The van der Waals surface area contributed by atoms with Gasteiger partial charge in [0, 0.05) is 0 Å². The van der Waals surface area contributed by atoms with E-state index in [4.69, 9.17) is 20.4 Å². The van der Waals surface area contributed by atoms with Crippen molar-refractivity contribution in [3.05, 3.63) is 0 Å². The number of aliphatic hydroxyl groups is 2. The van der Waals surface area contributed by atoms with Crippen LogP contribution in [0, 0.1) is 0 Å². The molecule has 58 valence electrons. The molecule has 4 N–H and O–H groups in total. The van der Waals surface area contributed by atoms with Crippen molar-refractivity contribution in [1.29, 1.82) is 0 Å². The van der Waals surface area contributed by atoms with Gasteiger partial charge < -0.3 is 20.4 Å². The van der Waals surface area contributed by atoms with E-state index in [1.54, 1.807) is 0 Å². The quantitative estimate of drug-likeness (QED) is 0.365. The van der Waals surface area contributed by atoms with Crippen LogP contribution in [0.4, 0.5) is 0 Å². The highest BCUT2D eigenvalue weighted by Crippen LogP contribution is 1.92. The number of rotatable bonds is 3. The number of carboxylic acid groups (broad SMARTS) is 2. The molecular weight excluding hydrogens is 144 g/mol. The molecule has 6 heteroatoms. The number of aliphatic hydroxyl groups excluding tert-OH is 2. The topological polar surface area (TPSA) is 115 Å². The summed E-state index contributed by atoms with van der Waals surface area (Å²) in [5.41, 5.74) is 0. The molecule has 0 bridgehead atoms. The summed E-state index contributed by atoms with van der Waals surface area (Å²) in [7, 11) is 0. The molecule has 0 aliphatic rings. The Kier molecular flexibility index (Phi) is 2.78. The molecule has 0 heterocycles. The predicted molar refractivity (Wildman–Crippen MR) is 27.3 cm³/mol. The fourth-order valence-corrected chi connectivity index (χ4v) is 0.270. The minimum absolute atomic E-state index is 1.77. The highest BCUT2D eigenvalue weighted by atomic mass is 16.4. The van der Waals surface area contributed by atoms with Crippen LogP contribution in [0.5, 0.6) is 0 Å². The second-order valence-electron chi connectivity index (χ2n) is 1.57. The van der Waals surface area contributed by atoms with E-state index < -0.39 is 24.1 Å². The largest absolute Gasteiger partial charge is 0.479 e. The predicted octanol–water partition coefficient (Wildman–Crippen LogP) is -2.12. The van der Waals surface area contributed by atoms with Gasteiger partial charge in [0.25, 0.3) is 0 Å². The van der Waals surface area contributed by atoms with Crippen molar-refractivity contribution in [2.75, 3.05) is 0 Å². The summed E-state index contributed by atoms with van der Waals surface area (Å²) in [6.45, 7) is 0. The van der Waals surface area contributed by atoms with Crippen molar-refractivity contribution in [2.24, 2.45) is 0 Å². The van der Waals surface area contributed by atoms with E-state index in [0.717, 1.165) is 0 Å². The zero-order valence-electron chi connectivity index (χ0n) is 4.76. The zero-order valence-corrected chi connectivity index (χ0v) is 4.76. The fraction of sp³-hybridized carbons (Fsp3) is 0.500. The molecule has 0 radical (unpaired) electrons. The highest BCUT2D eigenvalue weighted by Gasteiger charge is 2.29. The van der Waals surface area contributed by atoms with Crippen molar-refractivity contribution >= 4 is 11.9 Å². The Morgan fingerprint density at radius 1 is 0.900 bits per heavy atom. The van der Waals surface area contributed by atoms with Gasteiger partial charge >= 0.3 is 11.9 Å². The first-order valence-corrected chi connectivity index (χ1v) is 2.28. The summed E-state index contributed by atoms with van der Waals surface area (Å²) in [5, 5.41) is 32.5. The van der Waals surface area contributed by atoms with Crippen LogP contribution >= 0.6 is 0 Å². The van der Waals surface area contributed by atoms with Crippen LogP contribution in [0.25, 0.3) is 0 Å². The number of hydrogen-bond donors (Lipinski definition) is 4. The molecule has 2 atom stereocenters. The van der Waals surface area contributed by atoms with Gasteiger partial charge in [0.2, 0.25) is 0 Å². The number of carboxylic acids is 2. The lowest BCUT2D eigenvalue weighted by molar-refractivity contribution is -0.165. The van der Waals surface area contributed by atoms with Gasteiger partial charge in [-0.1, -0.05) is 0 Å². The smallest absolute Gasteiger partial charge is 0.335 e. The first-order valence-electron chi connectivity index (χ1n) is 2.28. The van der Waals surface area contributed by atoms with Crippen LogP contribution in [-0.2, 0) is 9.59 Å². The second kappa shape index (κ2) is 3.14. The summed E-state index contributed by atoms with van der Waals surface area (Å²) >= 11 is 0. The maximum Gasteiger partial charge on any atom is 0.335 e. The maximum atomic E-state index is 9.77. The summed E-state index contributed by atoms with van der Waals surface area (Å²) in [5.74, 6) is -3.54. The van der Waals surface area contributed by atoms with Gasteiger partial charge in [0.1, 0.15) is 0 Å². The van der Waals surface area contributed by atoms with Gasteiger partial charge in [-0.25, -0.2) is 9.59 Å². The Morgan fingerprint density at radius 2 is 1.10 bits per heavy atom. The minimum atomic E-state index is -2.27. The monoisotopic (exact) mass is 150 g/mol. The van der Waals surface area contributed by atoms with Crippen LogP contribution < -0.4 is 0 Å². The Hall–Kier alpha value is -1.14. The first kappa shape index (κ1) is 8.86. The summed E-state index contributed by atoms with van der Waals surface area (Å²) < 4.78 is 0. The van der Waals surface area contributed by atoms with Crippen molar-refractivity contribution < 1.29 is 30.0 Å². The molecule has 0 aliphatic carbocycles. The molecule has 0 saturated carbocycles. The Labute approximate surface area is 55.3 Å². The Balaban J connectivity index is 4.07. The number of aliphatic carboxylic acids is 2. The van der Waals surface area contributed by atoms with Crippen molar-refractivity contribution in [1.82, 2.24) is 0 Å². The molecule has 0 amide bonds. The molecule has 0 rings (SSSR count). The lowest BCUT2D eigenvalue weighted by Crippen LogP contribution is -2.39. The van der Waals surface area contributed by atoms with Crippen LogP contribution in [0.1, 0.15) is 0 Å². The third kappa shape index (κ3) is 2.00. The molecular formula is C4H6O6. The molecule has 0 aromatic heterocycles. The van der Waals surface area contributed by atoms with Gasteiger partial charge in [-0.3, -0.25) is 0 Å². The molecule has 0 aliphatic heterocycles. The molecule has 0 saturated heterocycles. The summed E-state index contributed by atoms with van der Waals surface area (Å²) in [6.07, 6.45) is -4.53. The van der Waals surface area contributed by atoms with Gasteiger partial charge in [0.15, 0.2) is 12.2 Å². The van der Waals surface area contributed by atoms with E-state index in [1.807, 2.05) is 0 Å². The zero-order chi connectivity index (χ0) is 8.31. The van der Waals surface area contributed by atoms with E-state index in [0.29, 0.717) is 0 Å². The van der Waals surface area contributed by atoms with Gasteiger partial charge in [-0.15, -0.1) is 0 Å². The molecule has 0 spiro atoms. The first-order chi connectivity index (χ1) is 4.46. The van der Waals surface area contributed by atoms with E-state index in [2.05, 4.69) is 0 Å². The van der Waals surface area contributed by atoms with Gasteiger partial charge in [-0.2, -0.15) is 0 Å². The molecule has 0 aromatic carbocycles. The van der Waals surface area contributed by atoms with Crippen LogP contribution in [0.2, 0.25) is 0 Å². The molecule has 6 nitrogen and oxygen atoms in total. The average Bonchev–Trinajstić information content (AvgIpc) is 1.84. The van der Waals surface area contributed by atoms with Crippen LogP contribution in [0.15, 0.2) is 0 Å². The van der Waals surface area contributed by atoms with Crippen molar-refractivity contribution in [2.45, 2.75) is 12.2 Å². The molecule has 1 unspecified atom stereocenters. The van der Waals surface area contributed by atoms with Crippen LogP contribution in [-0.4, -0.2) is 44.6 Å². The third-order valence-corrected chi connectivity index (χ3v) is 0.805. The lowest BCUT2D eigenvalue weighted by Gasteiger charge is -2.07. The van der Waals surface area contributed by atoms with E-state index in [-0.39, 0.29) is 0 Å². The second-order valence-corrected chi connectivity index (χ2v) is 1.57. The normalized spacial score (nSPS) is 15.8. The molecule has 10 heavy (non-hydrogen) atoms. The molecule has 0 aromatic rings. The Morgan fingerprint density at radius 3 is 1.20 bits per heavy atom. The number of carbonyl (C=O) groups is 2. The molecule has 0 fully saturated rings.